The highest BCUT2D eigenvalue weighted by atomic mass is 35.5. The van der Waals surface area contributed by atoms with Gasteiger partial charge in [-0.15, -0.1) is 11.8 Å². The molecule has 6 heteroatoms. The predicted molar refractivity (Wildman–Crippen MR) is 141 cm³/mol. The molecule has 0 aliphatic rings. The molecule has 0 aliphatic heterocycles. The molecule has 0 atom stereocenters. The summed E-state index contributed by atoms with van der Waals surface area (Å²) >= 11 is 15.0. The number of benzene rings is 3. The maximum absolute atomic E-state index is 10.6. The van der Waals surface area contributed by atoms with Crippen molar-refractivity contribution in [3.63, 3.8) is 0 Å². The first-order chi connectivity index (χ1) is 15.7. The van der Waals surface area contributed by atoms with Crippen LogP contribution in [0.2, 0.25) is 10.0 Å². The molecule has 4 aromatic rings. The molecule has 33 heavy (non-hydrogen) atoms. The standard InChI is InChI=1S/C27H26Cl2N2OS/c1-5-33-20-9-6-8-18(14-20)19-12-13-24(23(29)15-19)31-16-25(27(3,4)32)30-26(31)21-10-7-11-22(28)17(21)2/h6-16,32H,5H2,1-4H3. The van der Waals surface area contributed by atoms with Crippen LogP contribution in [0.5, 0.6) is 0 Å². The van der Waals surface area contributed by atoms with Crippen LogP contribution in [0.4, 0.5) is 0 Å². The summed E-state index contributed by atoms with van der Waals surface area (Å²) in [7, 11) is 0. The van der Waals surface area contributed by atoms with Crippen LogP contribution in [0.25, 0.3) is 28.2 Å². The zero-order valence-corrected chi connectivity index (χ0v) is 21.4. The van der Waals surface area contributed by atoms with E-state index in [2.05, 4.69) is 37.3 Å². The van der Waals surface area contributed by atoms with Crippen LogP contribution in [0, 0.1) is 6.92 Å². The zero-order valence-electron chi connectivity index (χ0n) is 19.1. The van der Waals surface area contributed by atoms with Crippen molar-refractivity contribution in [2.75, 3.05) is 5.75 Å². The van der Waals surface area contributed by atoms with E-state index >= 15 is 0 Å². The Balaban J connectivity index is 1.84. The third kappa shape index (κ3) is 4.99. The highest BCUT2D eigenvalue weighted by Gasteiger charge is 2.24. The number of aromatic nitrogens is 2. The third-order valence-electron chi connectivity index (χ3n) is 5.53. The Bertz CT molecular complexity index is 1310. The molecule has 0 radical (unpaired) electrons. The molecular formula is C27H26Cl2N2OS. The summed E-state index contributed by atoms with van der Waals surface area (Å²) in [6, 6.07) is 20.2. The van der Waals surface area contributed by atoms with Gasteiger partial charge in [0, 0.05) is 21.7 Å². The molecule has 0 saturated carbocycles. The van der Waals surface area contributed by atoms with Gasteiger partial charge in [0.2, 0.25) is 0 Å². The van der Waals surface area contributed by atoms with Crippen LogP contribution >= 0.6 is 35.0 Å². The summed E-state index contributed by atoms with van der Waals surface area (Å²) < 4.78 is 1.93. The van der Waals surface area contributed by atoms with Crippen LogP contribution < -0.4 is 0 Å². The van der Waals surface area contributed by atoms with E-state index in [-0.39, 0.29) is 0 Å². The first-order valence-corrected chi connectivity index (χ1v) is 12.5. The Hall–Kier alpha value is -2.24. The van der Waals surface area contributed by atoms with Gasteiger partial charge >= 0.3 is 0 Å². The number of imidazole rings is 1. The minimum Gasteiger partial charge on any atom is -0.384 e. The van der Waals surface area contributed by atoms with Crippen molar-refractivity contribution in [2.24, 2.45) is 0 Å². The number of thioether (sulfide) groups is 1. The maximum atomic E-state index is 10.6. The second kappa shape index (κ2) is 9.55. The minimum atomic E-state index is -1.10. The third-order valence-corrected chi connectivity index (χ3v) is 7.12. The molecule has 0 spiro atoms. The van der Waals surface area contributed by atoms with Crippen molar-refractivity contribution in [2.45, 2.75) is 38.2 Å². The second-order valence-corrected chi connectivity index (χ2v) is 10.6. The number of hydrogen-bond acceptors (Lipinski definition) is 3. The average molecular weight is 497 g/mol. The first-order valence-electron chi connectivity index (χ1n) is 10.8. The number of hydrogen-bond donors (Lipinski definition) is 1. The lowest BCUT2D eigenvalue weighted by atomic mass is 10.0. The Morgan fingerprint density at radius 2 is 1.70 bits per heavy atom. The lowest BCUT2D eigenvalue weighted by Crippen LogP contribution is -2.15. The fraction of sp³-hybridized carbons (Fsp3) is 0.222. The predicted octanol–water partition coefficient (Wildman–Crippen LogP) is 8.16. The topological polar surface area (TPSA) is 38.0 Å². The van der Waals surface area contributed by atoms with Crippen LogP contribution in [-0.4, -0.2) is 20.4 Å². The largest absolute Gasteiger partial charge is 0.384 e. The minimum absolute atomic E-state index is 0.557. The van der Waals surface area contributed by atoms with Gasteiger partial charge in [-0.2, -0.15) is 0 Å². The second-order valence-electron chi connectivity index (χ2n) is 8.42. The van der Waals surface area contributed by atoms with E-state index < -0.39 is 5.60 Å². The normalized spacial score (nSPS) is 11.7. The molecule has 4 rings (SSSR count). The summed E-state index contributed by atoms with van der Waals surface area (Å²) in [6.45, 7) is 7.56. The fourth-order valence-electron chi connectivity index (χ4n) is 3.71. The van der Waals surface area contributed by atoms with E-state index in [0.717, 1.165) is 33.7 Å². The molecule has 0 fully saturated rings. The molecule has 0 unspecified atom stereocenters. The smallest absolute Gasteiger partial charge is 0.145 e. The molecule has 3 nitrogen and oxygen atoms in total. The first kappa shape index (κ1) is 23.9. The molecular weight excluding hydrogens is 471 g/mol. The molecule has 0 aliphatic carbocycles. The molecule has 3 aromatic carbocycles. The van der Waals surface area contributed by atoms with Crippen molar-refractivity contribution in [1.82, 2.24) is 9.55 Å². The van der Waals surface area contributed by atoms with E-state index in [1.54, 1.807) is 13.8 Å². The fourth-order valence-corrected chi connectivity index (χ4v) is 4.88. The number of rotatable bonds is 6. The van der Waals surface area contributed by atoms with E-state index in [0.29, 0.717) is 21.6 Å². The molecule has 1 N–H and O–H groups in total. The van der Waals surface area contributed by atoms with E-state index in [9.17, 15) is 5.11 Å². The molecule has 0 amide bonds. The summed E-state index contributed by atoms with van der Waals surface area (Å²) in [5, 5.41) is 11.9. The van der Waals surface area contributed by atoms with Crippen molar-refractivity contribution >= 4 is 35.0 Å². The molecule has 0 saturated heterocycles. The number of aliphatic hydroxyl groups is 1. The number of nitrogens with zero attached hydrogens (tertiary/aromatic N) is 2. The lowest BCUT2D eigenvalue weighted by Gasteiger charge is -2.14. The Morgan fingerprint density at radius 3 is 2.39 bits per heavy atom. The monoisotopic (exact) mass is 496 g/mol. The highest BCUT2D eigenvalue weighted by Crippen LogP contribution is 2.36. The quantitative estimate of drug-likeness (QED) is 0.273. The van der Waals surface area contributed by atoms with E-state index in [4.69, 9.17) is 28.2 Å². The van der Waals surface area contributed by atoms with Gasteiger partial charge in [0.1, 0.15) is 11.4 Å². The molecule has 1 aromatic heterocycles. The van der Waals surface area contributed by atoms with Gasteiger partial charge in [-0.25, -0.2) is 4.98 Å². The van der Waals surface area contributed by atoms with Gasteiger partial charge in [0.15, 0.2) is 0 Å². The molecule has 170 valence electrons. The Labute approximate surface area is 209 Å². The van der Waals surface area contributed by atoms with Crippen LogP contribution in [0.1, 0.15) is 32.0 Å². The maximum Gasteiger partial charge on any atom is 0.145 e. The van der Waals surface area contributed by atoms with Gasteiger partial charge in [-0.05, 0) is 73.5 Å². The summed E-state index contributed by atoms with van der Waals surface area (Å²) in [5.41, 5.74) is 4.23. The summed E-state index contributed by atoms with van der Waals surface area (Å²) in [4.78, 5) is 6.01. The number of halogens is 2. The van der Waals surface area contributed by atoms with Crippen molar-refractivity contribution < 1.29 is 5.11 Å². The van der Waals surface area contributed by atoms with Gasteiger partial charge < -0.3 is 5.11 Å². The van der Waals surface area contributed by atoms with Crippen LogP contribution in [0.15, 0.2) is 71.8 Å². The average Bonchev–Trinajstić information content (AvgIpc) is 3.21. The van der Waals surface area contributed by atoms with Gasteiger partial charge in [-0.3, -0.25) is 4.57 Å². The molecule has 0 bridgehead atoms. The Morgan fingerprint density at radius 1 is 0.970 bits per heavy atom. The van der Waals surface area contributed by atoms with Crippen molar-refractivity contribution in [3.05, 3.63) is 88.2 Å². The van der Waals surface area contributed by atoms with Crippen molar-refractivity contribution in [1.29, 1.82) is 0 Å². The van der Waals surface area contributed by atoms with Crippen molar-refractivity contribution in [3.8, 4) is 28.2 Å². The van der Waals surface area contributed by atoms with E-state index in [1.165, 1.54) is 4.90 Å². The lowest BCUT2D eigenvalue weighted by molar-refractivity contribution is 0.0743. The summed E-state index contributed by atoms with van der Waals surface area (Å²) in [5.74, 6) is 1.71. The highest BCUT2D eigenvalue weighted by molar-refractivity contribution is 7.99. The zero-order chi connectivity index (χ0) is 23.8. The van der Waals surface area contributed by atoms with Crippen LogP contribution in [0.3, 0.4) is 0 Å². The van der Waals surface area contributed by atoms with Gasteiger partial charge in [-0.1, -0.05) is 60.5 Å². The molecule has 1 heterocycles. The summed E-state index contributed by atoms with van der Waals surface area (Å²) in [6.07, 6.45) is 1.84. The van der Waals surface area contributed by atoms with Crippen LogP contribution in [-0.2, 0) is 5.60 Å². The SMILES string of the molecule is CCSc1cccc(-c2ccc(-n3cc(C(C)(C)O)nc3-c3cccc(Cl)c3C)c(Cl)c2)c1. The Kier molecular flexibility index (Phi) is 6.92. The van der Waals surface area contributed by atoms with E-state index in [1.807, 2.05) is 59.8 Å². The van der Waals surface area contributed by atoms with Gasteiger partial charge in [0.05, 0.1) is 16.4 Å². The van der Waals surface area contributed by atoms with Gasteiger partial charge in [0.25, 0.3) is 0 Å².